The van der Waals surface area contributed by atoms with Crippen molar-refractivity contribution in [1.82, 2.24) is 10.2 Å². The van der Waals surface area contributed by atoms with E-state index < -0.39 is 0 Å². The molecule has 2 atom stereocenters. The van der Waals surface area contributed by atoms with Gasteiger partial charge in [-0.3, -0.25) is 9.69 Å². The fourth-order valence-corrected chi connectivity index (χ4v) is 3.25. The number of likely N-dealkylation sites (tertiary alicyclic amines) is 1. The number of halogens is 1. The number of piperidine rings is 1. The zero-order valence-corrected chi connectivity index (χ0v) is 14.4. The van der Waals surface area contributed by atoms with Crippen LogP contribution in [0.4, 0.5) is 0 Å². The van der Waals surface area contributed by atoms with Gasteiger partial charge in [-0.25, -0.2) is 0 Å². The highest BCUT2D eigenvalue weighted by molar-refractivity contribution is 6.30. The molecule has 1 fully saturated rings. The summed E-state index contributed by atoms with van der Waals surface area (Å²) in [6.07, 6.45) is 4.25. The van der Waals surface area contributed by atoms with Crippen LogP contribution in [-0.2, 0) is 11.3 Å². The summed E-state index contributed by atoms with van der Waals surface area (Å²) >= 11 is 5.93. The van der Waals surface area contributed by atoms with E-state index >= 15 is 0 Å². The number of hydrogen-bond acceptors (Lipinski definition) is 2. The van der Waals surface area contributed by atoms with E-state index in [1.807, 2.05) is 12.1 Å². The molecule has 22 heavy (non-hydrogen) atoms. The normalized spacial score (nSPS) is 20.6. The third kappa shape index (κ3) is 5.29. The van der Waals surface area contributed by atoms with E-state index in [0.29, 0.717) is 0 Å². The van der Waals surface area contributed by atoms with Crippen molar-refractivity contribution in [1.29, 1.82) is 0 Å². The van der Waals surface area contributed by atoms with Crippen LogP contribution in [0.2, 0.25) is 5.02 Å². The van der Waals surface area contributed by atoms with Gasteiger partial charge in [-0.1, -0.05) is 37.1 Å². The molecule has 2 rings (SSSR count). The summed E-state index contributed by atoms with van der Waals surface area (Å²) in [6.45, 7) is 7.06. The Morgan fingerprint density at radius 1 is 1.41 bits per heavy atom. The predicted octanol–water partition coefficient (Wildman–Crippen LogP) is 3.86. The van der Waals surface area contributed by atoms with E-state index in [-0.39, 0.29) is 17.9 Å². The highest BCUT2D eigenvalue weighted by Gasteiger charge is 2.26. The molecule has 2 unspecified atom stereocenters. The van der Waals surface area contributed by atoms with Gasteiger partial charge in [0, 0.05) is 24.2 Å². The number of nitrogens with zero attached hydrogens (tertiary/aromatic N) is 1. The maximum absolute atomic E-state index is 12.4. The lowest BCUT2D eigenvalue weighted by Gasteiger charge is -2.32. The zero-order valence-electron chi connectivity index (χ0n) is 13.6. The molecule has 1 amide bonds. The summed E-state index contributed by atoms with van der Waals surface area (Å²) in [4.78, 5) is 14.7. The van der Waals surface area contributed by atoms with Crippen molar-refractivity contribution < 1.29 is 4.79 Å². The summed E-state index contributed by atoms with van der Waals surface area (Å²) < 4.78 is 0. The molecule has 0 aromatic heterocycles. The second kappa shape index (κ2) is 8.54. The van der Waals surface area contributed by atoms with E-state index in [9.17, 15) is 4.79 Å². The van der Waals surface area contributed by atoms with E-state index in [4.69, 9.17) is 11.6 Å². The van der Waals surface area contributed by atoms with Crippen LogP contribution in [0, 0.1) is 5.92 Å². The minimum Gasteiger partial charge on any atom is -0.353 e. The monoisotopic (exact) mass is 322 g/mol. The Labute approximate surface area is 139 Å². The second-order valence-corrected chi connectivity index (χ2v) is 6.84. The molecule has 4 heteroatoms. The number of benzene rings is 1. The van der Waals surface area contributed by atoms with Gasteiger partial charge in [-0.15, -0.1) is 0 Å². The maximum atomic E-state index is 12.4. The van der Waals surface area contributed by atoms with Crippen molar-refractivity contribution in [3.8, 4) is 0 Å². The number of rotatable bonds is 6. The number of nitrogens with one attached hydrogen (secondary N) is 1. The van der Waals surface area contributed by atoms with Crippen LogP contribution in [0.1, 0.15) is 45.1 Å². The van der Waals surface area contributed by atoms with E-state index in [2.05, 4.69) is 36.2 Å². The van der Waals surface area contributed by atoms with Crippen LogP contribution < -0.4 is 5.32 Å². The molecule has 1 heterocycles. The third-order valence-corrected chi connectivity index (χ3v) is 4.56. The minimum absolute atomic E-state index is 0.125. The molecule has 0 spiro atoms. The summed E-state index contributed by atoms with van der Waals surface area (Å²) in [5.74, 6) is 0.349. The van der Waals surface area contributed by atoms with Crippen molar-refractivity contribution in [2.24, 2.45) is 5.92 Å². The molecule has 0 bridgehead atoms. The number of carbonyl (C=O) groups is 1. The first-order valence-corrected chi connectivity index (χ1v) is 8.73. The fraction of sp³-hybridized carbons (Fsp3) is 0.611. The number of carbonyl (C=O) groups excluding carboxylic acids is 1. The highest BCUT2D eigenvalue weighted by Crippen LogP contribution is 2.20. The van der Waals surface area contributed by atoms with Gasteiger partial charge >= 0.3 is 0 Å². The average molecular weight is 323 g/mol. The Morgan fingerprint density at radius 2 is 2.14 bits per heavy atom. The first-order valence-electron chi connectivity index (χ1n) is 8.35. The van der Waals surface area contributed by atoms with Gasteiger partial charge < -0.3 is 5.32 Å². The first kappa shape index (κ1) is 17.3. The van der Waals surface area contributed by atoms with Crippen LogP contribution in [0.15, 0.2) is 24.3 Å². The topological polar surface area (TPSA) is 32.3 Å². The molecular formula is C18H27ClN2O. The van der Waals surface area contributed by atoms with Crippen LogP contribution in [0.3, 0.4) is 0 Å². The van der Waals surface area contributed by atoms with Gasteiger partial charge in [-0.2, -0.15) is 0 Å². The zero-order chi connectivity index (χ0) is 15.9. The average Bonchev–Trinajstić information content (AvgIpc) is 2.50. The molecule has 0 aliphatic carbocycles. The largest absolute Gasteiger partial charge is 0.353 e. The van der Waals surface area contributed by atoms with Gasteiger partial charge in [0.05, 0.1) is 5.92 Å². The minimum atomic E-state index is 0.125. The molecular weight excluding hydrogens is 296 g/mol. The van der Waals surface area contributed by atoms with Crippen LogP contribution >= 0.6 is 11.6 Å². The predicted molar refractivity (Wildman–Crippen MR) is 92.0 cm³/mol. The number of amides is 1. The van der Waals surface area contributed by atoms with Gasteiger partial charge in [-0.05, 0) is 50.4 Å². The molecule has 1 aliphatic heterocycles. The van der Waals surface area contributed by atoms with Crippen molar-refractivity contribution in [2.45, 2.75) is 52.1 Å². The van der Waals surface area contributed by atoms with E-state index in [1.54, 1.807) is 0 Å². The molecule has 1 aromatic carbocycles. The Bertz CT molecular complexity index is 474. The molecule has 1 saturated heterocycles. The molecule has 0 radical (unpaired) electrons. The lowest BCUT2D eigenvalue weighted by atomic mass is 9.96. The van der Waals surface area contributed by atoms with Crippen LogP contribution in [0.25, 0.3) is 0 Å². The van der Waals surface area contributed by atoms with Crippen LogP contribution in [0.5, 0.6) is 0 Å². The standard InChI is InChI=1S/C18H27ClN2O/c1-3-5-14(2)20-18(22)16-6-4-11-21(13-16)12-15-7-9-17(19)10-8-15/h7-10,14,16H,3-6,11-13H2,1-2H3,(H,20,22). The second-order valence-electron chi connectivity index (χ2n) is 6.40. The maximum Gasteiger partial charge on any atom is 0.224 e. The lowest BCUT2D eigenvalue weighted by molar-refractivity contribution is -0.127. The first-order chi connectivity index (χ1) is 10.6. The number of hydrogen-bond donors (Lipinski definition) is 1. The smallest absolute Gasteiger partial charge is 0.224 e. The van der Waals surface area contributed by atoms with Crippen LogP contribution in [-0.4, -0.2) is 29.9 Å². The Hall–Kier alpha value is -1.06. The van der Waals surface area contributed by atoms with Gasteiger partial charge in [0.25, 0.3) is 0 Å². The summed E-state index contributed by atoms with van der Waals surface area (Å²) in [7, 11) is 0. The van der Waals surface area contributed by atoms with E-state index in [0.717, 1.165) is 50.3 Å². The van der Waals surface area contributed by atoms with E-state index in [1.165, 1.54) is 5.56 Å². The molecule has 3 nitrogen and oxygen atoms in total. The Morgan fingerprint density at radius 3 is 2.82 bits per heavy atom. The fourth-order valence-electron chi connectivity index (χ4n) is 3.13. The highest BCUT2D eigenvalue weighted by atomic mass is 35.5. The Balaban J connectivity index is 1.85. The lowest BCUT2D eigenvalue weighted by Crippen LogP contribution is -2.45. The van der Waals surface area contributed by atoms with Gasteiger partial charge in [0.2, 0.25) is 5.91 Å². The summed E-state index contributed by atoms with van der Waals surface area (Å²) in [6, 6.07) is 8.27. The quantitative estimate of drug-likeness (QED) is 0.862. The molecule has 122 valence electrons. The molecule has 1 aromatic rings. The van der Waals surface area contributed by atoms with Crippen molar-refractivity contribution in [2.75, 3.05) is 13.1 Å². The summed E-state index contributed by atoms with van der Waals surface area (Å²) in [5, 5.41) is 3.93. The molecule has 1 N–H and O–H groups in total. The van der Waals surface area contributed by atoms with Crippen molar-refractivity contribution >= 4 is 17.5 Å². The van der Waals surface area contributed by atoms with Crippen molar-refractivity contribution in [3.63, 3.8) is 0 Å². The van der Waals surface area contributed by atoms with Crippen molar-refractivity contribution in [3.05, 3.63) is 34.9 Å². The summed E-state index contributed by atoms with van der Waals surface area (Å²) in [5.41, 5.74) is 1.25. The SMILES string of the molecule is CCCC(C)NC(=O)C1CCCN(Cc2ccc(Cl)cc2)C1. The molecule has 1 aliphatic rings. The van der Waals surface area contributed by atoms with Gasteiger partial charge in [0.1, 0.15) is 0 Å². The molecule has 0 saturated carbocycles. The Kier molecular flexibility index (Phi) is 6.71. The third-order valence-electron chi connectivity index (χ3n) is 4.31. The van der Waals surface area contributed by atoms with Gasteiger partial charge in [0.15, 0.2) is 0 Å².